The lowest BCUT2D eigenvalue weighted by atomic mass is 9.80. The number of fused-ring (bicyclic) bond motifs is 1. The summed E-state index contributed by atoms with van der Waals surface area (Å²) < 4.78 is 5.65. The monoisotopic (exact) mass is 279 g/mol. The topological polar surface area (TPSA) is 62.6 Å². The molecule has 0 saturated heterocycles. The highest BCUT2D eigenvalue weighted by Gasteiger charge is 2.11. The van der Waals surface area contributed by atoms with Crippen LogP contribution in [0, 0.1) is 0 Å². The first-order valence-corrected chi connectivity index (χ1v) is 6.66. The smallest absolute Gasteiger partial charge is 0.487 e. The maximum Gasteiger partial charge on any atom is 0.488 e. The predicted molar refractivity (Wildman–Crippen MR) is 82.3 cm³/mol. The summed E-state index contributed by atoms with van der Waals surface area (Å²) in [6.45, 7) is 0.329. The molecular formula is C16H14BNO3. The number of benzene rings is 2. The van der Waals surface area contributed by atoms with Crippen molar-refractivity contribution in [3.05, 3.63) is 66.4 Å². The van der Waals surface area contributed by atoms with Crippen LogP contribution in [0.4, 0.5) is 0 Å². The van der Waals surface area contributed by atoms with Crippen molar-refractivity contribution >= 4 is 23.5 Å². The van der Waals surface area contributed by atoms with Crippen LogP contribution in [0.2, 0.25) is 0 Å². The molecule has 4 nitrogen and oxygen atoms in total. The van der Waals surface area contributed by atoms with Gasteiger partial charge in [0.25, 0.3) is 0 Å². The summed E-state index contributed by atoms with van der Waals surface area (Å²) in [5.41, 5.74) is 2.15. The molecule has 0 radical (unpaired) electrons. The number of hydrogen-bond acceptors (Lipinski definition) is 4. The molecule has 0 atom stereocenters. The summed E-state index contributed by atoms with van der Waals surface area (Å²) in [7, 11) is -1.49. The summed E-state index contributed by atoms with van der Waals surface area (Å²) in [5, 5.41) is 19.4. The van der Waals surface area contributed by atoms with Crippen molar-refractivity contribution in [3.63, 3.8) is 0 Å². The van der Waals surface area contributed by atoms with Crippen LogP contribution in [0.5, 0.6) is 5.75 Å². The number of nitrogens with zero attached hydrogens (tertiary/aromatic N) is 1. The minimum atomic E-state index is -1.49. The lowest BCUT2D eigenvalue weighted by Gasteiger charge is -2.08. The van der Waals surface area contributed by atoms with Crippen LogP contribution in [0.1, 0.15) is 5.69 Å². The second-order valence-corrected chi connectivity index (χ2v) is 4.73. The van der Waals surface area contributed by atoms with Crippen molar-refractivity contribution in [1.29, 1.82) is 0 Å². The van der Waals surface area contributed by atoms with E-state index in [1.165, 1.54) is 0 Å². The summed E-state index contributed by atoms with van der Waals surface area (Å²) in [6.07, 6.45) is 0. The maximum absolute atomic E-state index is 9.14. The van der Waals surface area contributed by atoms with Crippen LogP contribution in [0.15, 0.2) is 60.7 Å². The van der Waals surface area contributed by atoms with Gasteiger partial charge >= 0.3 is 7.12 Å². The Morgan fingerprint density at radius 1 is 0.952 bits per heavy atom. The van der Waals surface area contributed by atoms with Gasteiger partial charge in [0.15, 0.2) is 0 Å². The molecule has 0 bridgehead atoms. The summed E-state index contributed by atoms with van der Waals surface area (Å²) >= 11 is 0. The third-order valence-corrected chi connectivity index (χ3v) is 3.20. The molecular weight excluding hydrogens is 265 g/mol. The lowest BCUT2D eigenvalue weighted by molar-refractivity contribution is 0.302. The number of ether oxygens (including phenoxy) is 1. The Morgan fingerprint density at radius 2 is 1.81 bits per heavy atom. The minimum Gasteiger partial charge on any atom is -0.487 e. The summed E-state index contributed by atoms with van der Waals surface area (Å²) in [4.78, 5) is 4.52. The second kappa shape index (κ2) is 5.95. The fourth-order valence-electron chi connectivity index (χ4n) is 2.11. The zero-order valence-electron chi connectivity index (χ0n) is 11.3. The van der Waals surface area contributed by atoms with Gasteiger partial charge in [0.05, 0.1) is 11.2 Å². The van der Waals surface area contributed by atoms with Crippen molar-refractivity contribution in [3.8, 4) is 5.75 Å². The molecule has 1 heterocycles. The van der Waals surface area contributed by atoms with Gasteiger partial charge in [0.1, 0.15) is 12.4 Å². The van der Waals surface area contributed by atoms with Crippen LogP contribution in [-0.4, -0.2) is 22.2 Å². The molecule has 1 aromatic heterocycles. The average molecular weight is 279 g/mol. The van der Waals surface area contributed by atoms with Gasteiger partial charge in [-0.1, -0.05) is 36.4 Å². The molecule has 3 rings (SSSR count). The summed E-state index contributed by atoms with van der Waals surface area (Å²) in [6, 6.07) is 18.6. The molecule has 0 aliphatic carbocycles. The van der Waals surface area contributed by atoms with E-state index >= 15 is 0 Å². The number of rotatable bonds is 4. The van der Waals surface area contributed by atoms with Gasteiger partial charge < -0.3 is 14.8 Å². The fourth-order valence-corrected chi connectivity index (χ4v) is 2.11. The van der Waals surface area contributed by atoms with Crippen molar-refractivity contribution in [2.75, 3.05) is 0 Å². The first kappa shape index (κ1) is 13.6. The normalized spacial score (nSPS) is 10.6. The van der Waals surface area contributed by atoms with E-state index in [0.29, 0.717) is 17.8 Å². The van der Waals surface area contributed by atoms with E-state index in [1.54, 1.807) is 24.3 Å². The fraction of sp³-hybridized carbons (Fsp3) is 0.0625. The molecule has 21 heavy (non-hydrogen) atoms. The van der Waals surface area contributed by atoms with Gasteiger partial charge in [0, 0.05) is 5.39 Å². The standard InChI is InChI=1S/C16H14BNO3/c19-17(20)13-5-3-6-15(10-13)21-11-14-9-8-12-4-1-2-7-16(12)18-14/h1-10,19-20H,11H2. The van der Waals surface area contributed by atoms with Crippen LogP contribution < -0.4 is 10.2 Å². The molecule has 0 aliphatic rings. The Morgan fingerprint density at radius 3 is 2.67 bits per heavy atom. The van der Waals surface area contributed by atoms with Crippen molar-refractivity contribution in [2.45, 2.75) is 6.61 Å². The lowest BCUT2D eigenvalue weighted by Crippen LogP contribution is -2.29. The molecule has 104 valence electrons. The third kappa shape index (κ3) is 3.21. The Bertz CT molecular complexity index is 761. The average Bonchev–Trinajstić information content (AvgIpc) is 2.53. The van der Waals surface area contributed by atoms with Crippen molar-refractivity contribution in [2.24, 2.45) is 0 Å². The van der Waals surface area contributed by atoms with E-state index in [1.807, 2.05) is 36.4 Å². The molecule has 2 aromatic carbocycles. The molecule has 0 spiro atoms. The van der Waals surface area contributed by atoms with Crippen LogP contribution in [0.3, 0.4) is 0 Å². The largest absolute Gasteiger partial charge is 0.488 e. The minimum absolute atomic E-state index is 0.329. The maximum atomic E-state index is 9.14. The number of hydrogen-bond donors (Lipinski definition) is 2. The second-order valence-electron chi connectivity index (χ2n) is 4.73. The Labute approximate surface area is 122 Å². The van der Waals surface area contributed by atoms with Gasteiger partial charge in [0.2, 0.25) is 0 Å². The van der Waals surface area contributed by atoms with E-state index in [2.05, 4.69) is 4.98 Å². The van der Waals surface area contributed by atoms with Gasteiger partial charge in [-0.2, -0.15) is 0 Å². The number of aromatic nitrogens is 1. The van der Waals surface area contributed by atoms with Crippen molar-refractivity contribution < 1.29 is 14.8 Å². The third-order valence-electron chi connectivity index (χ3n) is 3.20. The van der Waals surface area contributed by atoms with E-state index < -0.39 is 7.12 Å². The van der Waals surface area contributed by atoms with Crippen LogP contribution >= 0.6 is 0 Å². The molecule has 0 aliphatic heterocycles. The number of pyridine rings is 1. The SMILES string of the molecule is OB(O)c1cccc(OCc2ccc3ccccc3n2)c1. The molecule has 0 fully saturated rings. The zero-order valence-corrected chi connectivity index (χ0v) is 11.3. The summed E-state index contributed by atoms with van der Waals surface area (Å²) in [5.74, 6) is 0.579. The molecule has 3 aromatic rings. The first-order chi connectivity index (χ1) is 10.2. The van der Waals surface area contributed by atoms with Gasteiger partial charge in [-0.25, -0.2) is 4.98 Å². The molecule has 5 heteroatoms. The molecule has 0 saturated carbocycles. The highest BCUT2D eigenvalue weighted by molar-refractivity contribution is 6.58. The first-order valence-electron chi connectivity index (χ1n) is 6.66. The van der Waals surface area contributed by atoms with E-state index in [4.69, 9.17) is 14.8 Å². The highest BCUT2D eigenvalue weighted by Crippen LogP contribution is 2.14. The molecule has 0 unspecified atom stereocenters. The Hall–Kier alpha value is -2.37. The quantitative estimate of drug-likeness (QED) is 0.710. The Balaban J connectivity index is 1.75. The van der Waals surface area contributed by atoms with Crippen LogP contribution in [-0.2, 0) is 6.61 Å². The van der Waals surface area contributed by atoms with E-state index in [-0.39, 0.29) is 0 Å². The van der Waals surface area contributed by atoms with Gasteiger partial charge in [-0.3, -0.25) is 0 Å². The van der Waals surface area contributed by atoms with Gasteiger partial charge in [-0.05, 0) is 29.7 Å². The van der Waals surface area contributed by atoms with E-state index in [9.17, 15) is 0 Å². The molecule has 2 N–H and O–H groups in total. The van der Waals surface area contributed by atoms with Crippen LogP contribution in [0.25, 0.3) is 10.9 Å². The van der Waals surface area contributed by atoms with Gasteiger partial charge in [-0.15, -0.1) is 0 Å². The van der Waals surface area contributed by atoms with Crippen molar-refractivity contribution in [1.82, 2.24) is 4.98 Å². The number of para-hydroxylation sites is 1. The highest BCUT2D eigenvalue weighted by atomic mass is 16.5. The zero-order chi connectivity index (χ0) is 14.7. The Kier molecular flexibility index (Phi) is 3.86. The molecule has 0 amide bonds. The predicted octanol–water partition coefficient (Wildman–Crippen LogP) is 1.49. The van der Waals surface area contributed by atoms with E-state index in [0.717, 1.165) is 16.6 Å².